The summed E-state index contributed by atoms with van der Waals surface area (Å²) in [5, 5.41) is 34.6. The Balaban J connectivity index is 0.000000145. The van der Waals surface area contributed by atoms with E-state index in [1.807, 2.05) is 162 Å². The number of H-pyrrole nitrogens is 1. The number of aromatic nitrogens is 7. The highest BCUT2D eigenvalue weighted by Crippen LogP contribution is 2.40. The molecule has 6 heterocycles. The molecular weight excluding hydrogens is 1500 g/mol. The largest absolute Gasteiger partial charge is 0.507 e. The molecule has 0 saturated heterocycles. The third-order valence-corrected chi connectivity index (χ3v) is 19.0. The fourth-order valence-corrected chi connectivity index (χ4v) is 13.6. The summed E-state index contributed by atoms with van der Waals surface area (Å²) >= 11 is 8.64. The first-order chi connectivity index (χ1) is 52.0. The summed E-state index contributed by atoms with van der Waals surface area (Å²) < 4.78 is 3.58. The van der Waals surface area contributed by atoms with Crippen molar-refractivity contribution in [2.45, 2.75) is 113 Å². The van der Waals surface area contributed by atoms with Crippen LogP contribution in [0.4, 0.5) is 40.5 Å². The number of benzene rings is 8. The number of aryl methyl sites for hydroxylation is 3. The van der Waals surface area contributed by atoms with Gasteiger partial charge >= 0.3 is 0 Å². The van der Waals surface area contributed by atoms with E-state index in [4.69, 9.17) is 10.3 Å². The van der Waals surface area contributed by atoms with Crippen LogP contribution in [0.1, 0.15) is 132 Å². The number of nitrogens with zero attached hydrogens (tertiary/aromatic N) is 10. The molecule has 1 unspecified atom stereocenters. The standard InChI is InChI=1S/C20H21N.C19H18BrNO2.C19H16N2OS.C18H16BrN5O.C10H16N6/c1-20(2)14-17-10-6-7-11-19(17)21-18(15-20)13-12-16-8-4-3-5-9-16;1-2-18(23)21-12-16(22)10-14-8-9-15(20)11-17(14)19(21)13-6-4-3-5-7-13;1-14-11-12-16(23-14)13-20-18-10-6-5-9-17(18)19(22)21-15-7-3-2-4-8-15;1-10-4-3-5-11(2)15(10)22-17-16(23-18-20-9-21-24(17)18)13-8-12(19)6-7-14(13)25;1-6(2)12-9-14-8(5-11)15-10(16-9)13-7(3)4/h3-13H,14-15H2,1-2H3;3-9,11,19H,2,10,12H2,1H3;2-13H,1H3,(H,21,22);3-9,22,25H,1-2H3,(H,20,21,23);6-7H,1-4H3,(H2,12,13,14,15,16)/b13-12+;;;;. The molecule has 0 bridgehead atoms. The smallest absolute Gasteiger partial charge is 0.257 e. The number of imidazole rings is 1. The number of thiophene rings is 1. The third kappa shape index (κ3) is 22.1. The minimum Gasteiger partial charge on any atom is -0.507 e. The summed E-state index contributed by atoms with van der Waals surface area (Å²) in [4.78, 5) is 71.6. The van der Waals surface area contributed by atoms with Crippen LogP contribution in [0.3, 0.4) is 0 Å². The Kier molecular flexibility index (Phi) is 27.6. The van der Waals surface area contributed by atoms with Crippen LogP contribution in [0.15, 0.2) is 238 Å². The number of anilines is 5. The van der Waals surface area contributed by atoms with Crippen LogP contribution < -0.4 is 21.3 Å². The maximum Gasteiger partial charge on any atom is 0.257 e. The second-order valence-electron chi connectivity index (χ2n) is 27.2. The number of phenols is 1. The Labute approximate surface area is 651 Å². The van der Waals surface area contributed by atoms with Crippen molar-refractivity contribution in [3.63, 3.8) is 0 Å². The normalized spacial score (nSPS) is 13.5. The van der Waals surface area contributed by atoms with Gasteiger partial charge in [-0.2, -0.15) is 20.2 Å². The number of allylic oxidation sites excluding steroid dienone is 1. The SMILES string of the molecule is CC(C)Nc1nc(C#N)nc(NC(C)C)n1.CC1(C)CC(/C=C/c2ccccc2)=Nc2ccccc2C1.CCC(=O)N1CC(=O)Cc2ccc(Br)cc2C1c1ccccc1.Cc1ccc(C=Nc2ccccc2C(=O)Nc2ccccc2)s1.Cc1cccc(C)c1Nc1c(-c2cc(Br)ccc2O)nc2nc[nH]n12. The molecule has 550 valence electrons. The molecule has 108 heavy (non-hydrogen) atoms. The van der Waals surface area contributed by atoms with Crippen LogP contribution in [0.5, 0.6) is 5.75 Å². The lowest BCUT2D eigenvalue weighted by Crippen LogP contribution is -2.37. The summed E-state index contributed by atoms with van der Waals surface area (Å²) in [5.41, 5.74) is 14.6. The minimum atomic E-state index is -0.220. The van der Waals surface area contributed by atoms with Crippen LogP contribution in [0.25, 0.3) is 23.1 Å². The van der Waals surface area contributed by atoms with Gasteiger partial charge < -0.3 is 31.3 Å². The molecule has 0 fully saturated rings. The number of aromatic hydroxyl groups is 1. The van der Waals surface area contributed by atoms with Crippen molar-refractivity contribution >= 4 is 125 Å². The topological polar surface area (TPSA) is 256 Å². The van der Waals surface area contributed by atoms with E-state index in [-0.39, 0.29) is 59.3 Å². The zero-order valence-corrected chi connectivity index (χ0v) is 66.0. The number of hydrogen-bond donors (Lipinski definition) is 6. The number of fused-ring (bicyclic) bond motifs is 3. The van der Waals surface area contributed by atoms with Gasteiger partial charge in [-0.1, -0.05) is 192 Å². The number of aromatic amines is 1. The number of amides is 2. The Hall–Kier alpha value is -11.5. The number of ketones is 1. The molecule has 2 amide bonds. The maximum absolute atomic E-state index is 12.5. The quantitative estimate of drug-likeness (QED) is 0.0523. The van der Waals surface area contributed by atoms with E-state index in [9.17, 15) is 19.5 Å². The zero-order chi connectivity index (χ0) is 76.9. The molecule has 0 aliphatic carbocycles. The number of rotatable bonds is 15. The summed E-state index contributed by atoms with van der Waals surface area (Å²) in [6, 6.07) is 69.1. The summed E-state index contributed by atoms with van der Waals surface area (Å²) in [6.07, 6.45) is 10.6. The molecule has 14 rings (SSSR count). The first kappa shape index (κ1) is 79.1. The number of nitriles is 1. The number of hydrogen-bond acceptors (Lipinski definition) is 16. The highest BCUT2D eigenvalue weighted by atomic mass is 79.9. The van der Waals surface area contributed by atoms with Gasteiger partial charge in [-0.3, -0.25) is 29.5 Å². The van der Waals surface area contributed by atoms with Gasteiger partial charge in [0.2, 0.25) is 23.6 Å². The van der Waals surface area contributed by atoms with Crippen LogP contribution >= 0.6 is 43.2 Å². The van der Waals surface area contributed by atoms with E-state index in [1.165, 1.54) is 16.0 Å². The molecule has 0 saturated carbocycles. The molecule has 2 aliphatic heterocycles. The molecule has 22 heteroatoms. The molecule has 6 N–H and O–H groups in total. The van der Waals surface area contributed by atoms with Gasteiger partial charge in [-0.25, -0.2) is 14.5 Å². The van der Waals surface area contributed by atoms with E-state index in [2.05, 4.69) is 202 Å². The van der Waals surface area contributed by atoms with Crippen molar-refractivity contribution in [1.29, 1.82) is 5.26 Å². The molecule has 0 radical (unpaired) electrons. The van der Waals surface area contributed by atoms with Crippen LogP contribution in [0, 0.1) is 37.5 Å². The van der Waals surface area contributed by atoms with Gasteiger partial charge in [0.1, 0.15) is 23.8 Å². The predicted molar refractivity (Wildman–Crippen MR) is 445 cm³/mol. The number of para-hydroxylation sites is 4. The highest BCUT2D eigenvalue weighted by Gasteiger charge is 2.33. The van der Waals surface area contributed by atoms with Crippen LogP contribution in [0.2, 0.25) is 0 Å². The molecule has 19 nitrogen and oxygen atoms in total. The monoisotopic (exact) mass is 1580 g/mol. The first-order valence-corrected chi connectivity index (χ1v) is 37.9. The number of nitrogens with one attached hydrogen (secondary N) is 5. The van der Waals surface area contributed by atoms with Crippen molar-refractivity contribution in [1.82, 2.24) is 39.4 Å². The van der Waals surface area contributed by atoms with Crippen LogP contribution in [-0.4, -0.2) is 92.7 Å². The van der Waals surface area contributed by atoms with Gasteiger partial charge in [-0.15, -0.1) is 11.3 Å². The van der Waals surface area contributed by atoms with E-state index in [0.717, 1.165) is 83.1 Å². The van der Waals surface area contributed by atoms with E-state index >= 15 is 0 Å². The first-order valence-electron chi connectivity index (χ1n) is 35.5. The number of Topliss-reactive ketones (excluding diaryl/α,β-unsaturated/α-hetero) is 1. The maximum atomic E-state index is 12.5. The van der Waals surface area contributed by atoms with Crippen molar-refractivity contribution in [2.24, 2.45) is 15.4 Å². The third-order valence-electron chi connectivity index (χ3n) is 17.0. The average Bonchev–Trinajstić information content (AvgIpc) is 1.60. The summed E-state index contributed by atoms with van der Waals surface area (Å²) in [6.45, 7) is 20.7. The van der Waals surface area contributed by atoms with Crippen molar-refractivity contribution in [2.75, 3.05) is 27.8 Å². The van der Waals surface area contributed by atoms with E-state index < -0.39 is 0 Å². The second kappa shape index (κ2) is 37.6. The number of aliphatic imine (C=N–C) groups is 2. The molecular formula is C86H87Br2N15O4S. The molecule has 2 aliphatic rings. The lowest BCUT2D eigenvalue weighted by molar-refractivity contribution is -0.136. The molecule has 8 aromatic carbocycles. The van der Waals surface area contributed by atoms with E-state index in [1.54, 1.807) is 51.5 Å². The van der Waals surface area contributed by atoms with Crippen LogP contribution in [-0.2, 0) is 22.4 Å². The number of carbonyl (C=O) groups excluding carboxylic acids is 3. The van der Waals surface area contributed by atoms with Gasteiger partial charge in [0.25, 0.3) is 11.7 Å². The Morgan fingerprint density at radius 2 is 1.37 bits per heavy atom. The highest BCUT2D eigenvalue weighted by molar-refractivity contribution is 9.10. The fourth-order valence-electron chi connectivity index (χ4n) is 12.1. The molecule has 4 aromatic heterocycles. The Bertz CT molecular complexity index is 5170. The Morgan fingerprint density at radius 3 is 2.04 bits per heavy atom. The average molecular weight is 1590 g/mol. The fraction of sp³-hybridized carbons (Fsp3) is 0.221. The van der Waals surface area contributed by atoms with Gasteiger partial charge in [0.15, 0.2) is 11.6 Å². The molecule has 12 aromatic rings. The summed E-state index contributed by atoms with van der Waals surface area (Å²) in [7, 11) is 0. The van der Waals surface area contributed by atoms with Gasteiger partial charge in [-0.05, 0) is 185 Å². The van der Waals surface area contributed by atoms with E-state index in [0.29, 0.717) is 53.0 Å². The minimum absolute atomic E-state index is 0.0000265. The predicted octanol–water partition coefficient (Wildman–Crippen LogP) is 20.3. The van der Waals surface area contributed by atoms with Gasteiger partial charge in [0.05, 0.1) is 29.5 Å². The zero-order valence-electron chi connectivity index (χ0n) is 62.0. The van der Waals surface area contributed by atoms with Crippen molar-refractivity contribution < 1.29 is 19.5 Å². The second-order valence-corrected chi connectivity index (χ2v) is 30.3. The molecule has 1 atom stereocenters. The Morgan fingerprint density at radius 1 is 0.731 bits per heavy atom. The lowest BCUT2D eigenvalue weighted by Gasteiger charge is -2.31. The number of halogens is 2. The number of phenolic OH excluding ortho intramolecular Hbond substituents is 1. The van der Waals surface area contributed by atoms with Gasteiger partial charge in [0, 0.05) is 72.5 Å². The van der Waals surface area contributed by atoms with Crippen molar-refractivity contribution in [3.05, 3.63) is 288 Å². The summed E-state index contributed by atoms with van der Waals surface area (Å²) in [5.74, 6) is 2.28. The molecule has 0 spiro atoms. The number of carbonyl (C=O) groups is 3. The van der Waals surface area contributed by atoms with Crippen molar-refractivity contribution in [3.8, 4) is 23.1 Å². The lowest BCUT2D eigenvalue weighted by atomic mass is 9.81.